The smallest absolute Gasteiger partial charge is 0.321 e. The first-order chi connectivity index (χ1) is 15.5. The number of carbonyl (C=O) groups excluding carboxylic acids is 1. The molecule has 0 fully saturated rings. The maximum atomic E-state index is 13.3. The number of hydrogen-bond acceptors (Lipinski definition) is 5. The molecule has 4 rings (SSSR count). The number of nitrogens with zero attached hydrogens (tertiary/aromatic N) is 3. The molecule has 3 heterocycles. The predicted octanol–water partition coefficient (Wildman–Crippen LogP) is 5.25. The van der Waals surface area contributed by atoms with Gasteiger partial charge in [-0.25, -0.2) is 4.98 Å². The number of nitrogens with one attached hydrogen (secondary N) is 1. The van der Waals surface area contributed by atoms with Crippen LogP contribution < -0.4 is 10.9 Å². The van der Waals surface area contributed by atoms with E-state index in [1.807, 2.05) is 19.9 Å². The van der Waals surface area contributed by atoms with Crippen molar-refractivity contribution in [3.05, 3.63) is 73.7 Å². The van der Waals surface area contributed by atoms with Gasteiger partial charge in [0, 0.05) is 35.6 Å². The van der Waals surface area contributed by atoms with E-state index >= 15 is 0 Å². The molecule has 1 amide bonds. The van der Waals surface area contributed by atoms with Crippen LogP contribution in [0.1, 0.15) is 31.6 Å². The van der Waals surface area contributed by atoms with Gasteiger partial charge in [-0.2, -0.15) is 13.2 Å². The van der Waals surface area contributed by atoms with Crippen molar-refractivity contribution in [2.24, 2.45) is 7.05 Å². The number of aromatic nitrogens is 3. The Kier molecular flexibility index (Phi) is 5.57. The van der Waals surface area contributed by atoms with Crippen molar-refractivity contribution in [2.45, 2.75) is 26.9 Å². The summed E-state index contributed by atoms with van der Waals surface area (Å²) in [4.78, 5) is 33.0. The van der Waals surface area contributed by atoms with Gasteiger partial charge in [-0.15, -0.1) is 11.3 Å². The number of hydrogen-bond donors (Lipinski definition) is 1. The maximum absolute atomic E-state index is 13.3. The highest BCUT2D eigenvalue weighted by atomic mass is 32.1. The number of benzene rings is 1. The molecule has 0 radical (unpaired) electrons. The molecule has 6 nitrogen and oxygen atoms in total. The van der Waals surface area contributed by atoms with Gasteiger partial charge in [0.1, 0.15) is 4.88 Å². The summed E-state index contributed by atoms with van der Waals surface area (Å²) in [6, 6.07) is 8.41. The van der Waals surface area contributed by atoms with Gasteiger partial charge < -0.3 is 9.88 Å². The molecule has 170 valence electrons. The first-order valence-corrected chi connectivity index (χ1v) is 10.7. The molecule has 1 aromatic carbocycles. The Morgan fingerprint density at radius 2 is 1.82 bits per heavy atom. The number of halogens is 3. The Morgan fingerprint density at radius 3 is 2.52 bits per heavy atom. The molecule has 33 heavy (non-hydrogen) atoms. The Hall–Kier alpha value is -3.53. The number of carbonyl (C=O) groups is 1. The van der Waals surface area contributed by atoms with Crippen LogP contribution in [0.15, 0.2) is 41.3 Å². The highest BCUT2D eigenvalue weighted by Crippen LogP contribution is 2.35. The lowest BCUT2D eigenvalue weighted by molar-refractivity contribution is -0.141. The zero-order chi connectivity index (χ0) is 24.1. The second-order valence-electron chi connectivity index (χ2n) is 7.70. The molecular weight excluding hydrogens is 453 g/mol. The first-order valence-electron chi connectivity index (χ1n) is 9.89. The SMILES string of the molecule is Cc1cc2c(cn1)cc(-c1cc(NC(=O)c3sc(C)nc3C(F)(F)F)ccc1C)c(=O)n2C. The van der Waals surface area contributed by atoms with Crippen molar-refractivity contribution in [2.75, 3.05) is 5.32 Å². The number of pyridine rings is 2. The van der Waals surface area contributed by atoms with Crippen LogP contribution in [0.2, 0.25) is 0 Å². The number of amides is 1. The molecular formula is C23H19F3N4O2S. The second-order valence-corrected chi connectivity index (χ2v) is 8.90. The summed E-state index contributed by atoms with van der Waals surface area (Å²) in [5.74, 6) is -0.909. The number of thiazole rings is 1. The van der Waals surface area contributed by atoms with Crippen LogP contribution in [-0.2, 0) is 13.2 Å². The molecule has 0 aliphatic rings. The van der Waals surface area contributed by atoms with Crippen LogP contribution in [-0.4, -0.2) is 20.4 Å². The van der Waals surface area contributed by atoms with E-state index in [0.29, 0.717) is 22.5 Å². The number of rotatable bonds is 3. The number of aryl methyl sites for hydroxylation is 4. The van der Waals surface area contributed by atoms with Gasteiger partial charge in [0.05, 0.1) is 10.5 Å². The van der Waals surface area contributed by atoms with Gasteiger partial charge in [-0.1, -0.05) is 6.07 Å². The van der Waals surface area contributed by atoms with Crippen molar-refractivity contribution in [3.8, 4) is 11.1 Å². The van der Waals surface area contributed by atoms with E-state index in [1.165, 1.54) is 11.5 Å². The van der Waals surface area contributed by atoms with Crippen molar-refractivity contribution in [1.82, 2.24) is 14.5 Å². The summed E-state index contributed by atoms with van der Waals surface area (Å²) in [5.41, 5.74) is 2.07. The van der Waals surface area contributed by atoms with E-state index < -0.39 is 22.7 Å². The topological polar surface area (TPSA) is 76.9 Å². The fourth-order valence-corrected chi connectivity index (χ4v) is 4.44. The van der Waals surface area contributed by atoms with Crippen molar-refractivity contribution in [1.29, 1.82) is 0 Å². The van der Waals surface area contributed by atoms with E-state index in [-0.39, 0.29) is 16.3 Å². The molecule has 0 saturated heterocycles. The summed E-state index contributed by atoms with van der Waals surface area (Å²) in [7, 11) is 1.67. The number of fused-ring (bicyclic) bond motifs is 1. The van der Waals surface area contributed by atoms with Gasteiger partial charge in [0.15, 0.2) is 5.69 Å². The summed E-state index contributed by atoms with van der Waals surface area (Å²) in [6.07, 6.45) is -3.06. The van der Waals surface area contributed by atoms with E-state index in [4.69, 9.17) is 0 Å². The van der Waals surface area contributed by atoms with Crippen molar-refractivity contribution < 1.29 is 18.0 Å². The van der Waals surface area contributed by atoms with E-state index in [2.05, 4.69) is 15.3 Å². The summed E-state index contributed by atoms with van der Waals surface area (Å²) >= 11 is 0.676. The normalized spacial score (nSPS) is 11.7. The molecule has 0 bridgehead atoms. The Balaban J connectivity index is 1.76. The molecule has 4 aromatic rings. The summed E-state index contributed by atoms with van der Waals surface area (Å²) in [6.45, 7) is 5.06. The monoisotopic (exact) mass is 472 g/mol. The fraction of sp³-hybridized carbons (Fsp3) is 0.217. The van der Waals surface area contributed by atoms with Crippen LogP contribution >= 0.6 is 11.3 Å². The predicted molar refractivity (Wildman–Crippen MR) is 122 cm³/mol. The van der Waals surface area contributed by atoms with Crippen LogP contribution in [0.4, 0.5) is 18.9 Å². The lowest BCUT2D eigenvalue weighted by atomic mass is 9.99. The van der Waals surface area contributed by atoms with E-state index in [0.717, 1.165) is 22.2 Å². The molecule has 3 aromatic heterocycles. The molecule has 0 unspecified atom stereocenters. The Labute approximate surface area is 190 Å². The summed E-state index contributed by atoms with van der Waals surface area (Å²) < 4.78 is 41.3. The molecule has 0 aliphatic carbocycles. The van der Waals surface area contributed by atoms with Crippen LogP contribution in [0.3, 0.4) is 0 Å². The van der Waals surface area contributed by atoms with Gasteiger partial charge in [-0.3, -0.25) is 14.6 Å². The molecule has 0 saturated carbocycles. The van der Waals surface area contributed by atoms with E-state index in [1.54, 1.807) is 37.5 Å². The molecule has 10 heteroatoms. The zero-order valence-electron chi connectivity index (χ0n) is 18.2. The van der Waals surface area contributed by atoms with Crippen LogP contribution in [0.5, 0.6) is 0 Å². The standard InChI is InChI=1S/C23H19F3N4O2S/c1-11-5-6-15(29-21(31)19-20(23(24,25)26)28-13(3)33-19)9-16(11)17-8-14-10-27-12(2)7-18(14)30(4)22(17)32/h5-10H,1-4H3,(H,29,31). The lowest BCUT2D eigenvalue weighted by Crippen LogP contribution is -2.20. The Bertz CT molecular complexity index is 1470. The average Bonchev–Trinajstić information content (AvgIpc) is 3.15. The number of alkyl halides is 3. The van der Waals surface area contributed by atoms with Crippen molar-refractivity contribution >= 4 is 33.8 Å². The minimum Gasteiger partial charge on any atom is -0.321 e. The largest absolute Gasteiger partial charge is 0.435 e. The fourth-order valence-electron chi connectivity index (χ4n) is 3.61. The van der Waals surface area contributed by atoms with Crippen LogP contribution in [0.25, 0.3) is 22.0 Å². The quantitative estimate of drug-likeness (QED) is 0.442. The van der Waals surface area contributed by atoms with Gasteiger partial charge in [0.25, 0.3) is 11.5 Å². The Morgan fingerprint density at radius 1 is 1.09 bits per heavy atom. The van der Waals surface area contributed by atoms with Gasteiger partial charge in [0.2, 0.25) is 0 Å². The number of anilines is 1. The van der Waals surface area contributed by atoms with E-state index in [9.17, 15) is 22.8 Å². The molecule has 0 aliphatic heterocycles. The minimum absolute atomic E-state index is 0.139. The van der Waals surface area contributed by atoms with Crippen molar-refractivity contribution in [3.63, 3.8) is 0 Å². The van der Waals surface area contributed by atoms with Crippen LogP contribution in [0, 0.1) is 20.8 Å². The third kappa shape index (κ3) is 4.25. The third-order valence-corrected chi connectivity index (χ3v) is 6.21. The minimum atomic E-state index is -4.74. The highest BCUT2D eigenvalue weighted by Gasteiger charge is 2.39. The lowest BCUT2D eigenvalue weighted by Gasteiger charge is -2.13. The molecule has 0 atom stereocenters. The van der Waals surface area contributed by atoms with Gasteiger partial charge >= 0.3 is 6.18 Å². The third-order valence-electron chi connectivity index (χ3n) is 5.24. The average molecular weight is 472 g/mol. The molecule has 0 spiro atoms. The molecule has 1 N–H and O–H groups in total. The highest BCUT2D eigenvalue weighted by molar-refractivity contribution is 7.13. The van der Waals surface area contributed by atoms with Gasteiger partial charge in [-0.05, 0) is 56.2 Å². The summed E-state index contributed by atoms with van der Waals surface area (Å²) in [5, 5.41) is 3.42. The zero-order valence-corrected chi connectivity index (χ0v) is 19.0. The second kappa shape index (κ2) is 8.11. The maximum Gasteiger partial charge on any atom is 0.435 e. The first kappa shape index (κ1) is 22.7.